The van der Waals surface area contributed by atoms with E-state index in [1.807, 2.05) is 18.2 Å². The number of nitrogens with one attached hydrogen (secondary N) is 1. The minimum Gasteiger partial charge on any atom is -0.364 e. The summed E-state index contributed by atoms with van der Waals surface area (Å²) in [5.41, 5.74) is 4.77. The van der Waals surface area contributed by atoms with Crippen molar-refractivity contribution in [1.29, 1.82) is 0 Å². The molecule has 94 valence electrons. The molecule has 0 saturated heterocycles. The maximum atomic E-state index is 6.23. The lowest BCUT2D eigenvalue weighted by atomic mass is 10.1. The molecular weight excluding hydrogens is 246 g/mol. The Morgan fingerprint density at radius 2 is 2.22 bits per heavy atom. The predicted molar refractivity (Wildman–Crippen MR) is 74.1 cm³/mol. The van der Waals surface area contributed by atoms with E-state index in [9.17, 15) is 0 Å². The zero-order valence-electron chi connectivity index (χ0n) is 10.4. The zero-order chi connectivity index (χ0) is 12.5. The summed E-state index contributed by atoms with van der Waals surface area (Å²) in [7, 11) is 0. The molecule has 1 aromatic heterocycles. The minimum atomic E-state index is 0.839. The number of anilines is 1. The predicted octanol–water partition coefficient (Wildman–Crippen LogP) is 3.32. The second-order valence-corrected chi connectivity index (χ2v) is 5.17. The molecule has 0 bridgehead atoms. The minimum absolute atomic E-state index is 0.839. The summed E-state index contributed by atoms with van der Waals surface area (Å²) >= 11 is 6.23. The standard InChI is InChI=1S/C14H16ClN3/c1-10-14-13(17-16-10)7-4-8-18(14)9-11-5-2-3-6-12(11)15/h2-3,5-6H,4,7-9H2,1H3,(H,16,17). The fourth-order valence-corrected chi connectivity index (χ4v) is 2.80. The largest absolute Gasteiger partial charge is 0.364 e. The van der Waals surface area contributed by atoms with E-state index in [1.54, 1.807) is 0 Å². The first-order valence-electron chi connectivity index (χ1n) is 6.28. The number of hydrogen-bond acceptors (Lipinski definition) is 2. The second-order valence-electron chi connectivity index (χ2n) is 4.76. The Kier molecular flexibility index (Phi) is 3.00. The van der Waals surface area contributed by atoms with Gasteiger partial charge in [-0.25, -0.2) is 0 Å². The average Bonchev–Trinajstić information content (AvgIpc) is 2.75. The molecule has 0 aliphatic carbocycles. The summed E-state index contributed by atoms with van der Waals surface area (Å²) < 4.78 is 0. The molecule has 0 atom stereocenters. The van der Waals surface area contributed by atoms with Gasteiger partial charge < -0.3 is 4.90 Å². The lowest BCUT2D eigenvalue weighted by Crippen LogP contribution is -2.29. The molecule has 4 heteroatoms. The Balaban J connectivity index is 1.91. The van der Waals surface area contributed by atoms with Gasteiger partial charge in [0.05, 0.1) is 17.1 Å². The number of aryl methyl sites for hydroxylation is 2. The number of nitrogens with zero attached hydrogens (tertiary/aromatic N) is 2. The van der Waals surface area contributed by atoms with Crippen molar-refractivity contribution in [2.75, 3.05) is 11.4 Å². The third kappa shape index (κ3) is 1.99. The summed E-state index contributed by atoms with van der Waals surface area (Å²) in [6, 6.07) is 8.04. The smallest absolute Gasteiger partial charge is 0.0859 e. The molecule has 0 saturated carbocycles. The van der Waals surface area contributed by atoms with Crippen LogP contribution in [0.5, 0.6) is 0 Å². The molecule has 1 N–H and O–H groups in total. The number of H-pyrrole nitrogens is 1. The van der Waals surface area contributed by atoms with Gasteiger partial charge in [-0.15, -0.1) is 0 Å². The molecule has 2 heterocycles. The van der Waals surface area contributed by atoms with Crippen LogP contribution in [-0.4, -0.2) is 16.7 Å². The van der Waals surface area contributed by atoms with Crippen LogP contribution < -0.4 is 4.90 Å². The van der Waals surface area contributed by atoms with Gasteiger partial charge in [0.1, 0.15) is 0 Å². The van der Waals surface area contributed by atoms with Crippen LogP contribution in [0.3, 0.4) is 0 Å². The fourth-order valence-electron chi connectivity index (χ4n) is 2.61. The normalized spacial score (nSPS) is 14.7. The molecule has 0 fully saturated rings. The van der Waals surface area contributed by atoms with Gasteiger partial charge >= 0.3 is 0 Å². The Hall–Kier alpha value is -1.48. The number of fused-ring (bicyclic) bond motifs is 1. The quantitative estimate of drug-likeness (QED) is 0.899. The lowest BCUT2D eigenvalue weighted by Gasteiger charge is -2.29. The summed E-state index contributed by atoms with van der Waals surface area (Å²) in [6.45, 7) is 4.00. The molecule has 0 unspecified atom stereocenters. The monoisotopic (exact) mass is 261 g/mol. The maximum absolute atomic E-state index is 6.23. The maximum Gasteiger partial charge on any atom is 0.0859 e. The van der Waals surface area contributed by atoms with Gasteiger partial charge in [-0.3, -0.25) is 5.10 Å². The molecule has 1 aromatic carbocycles. The molecule has 0 spiro atoms. The van der Waals surface area contributed by atoms with Crippen molar-refractivity contribution < 1.29 is 0 Å². The third-order valence-electron chi connectivity index (χ3n) is 3.46. The van der Waals surface area contributed by atoms with E-state index in [2.05, 4.69) is 28.1 Å². The van der Waals surface area contributed by atoms with Crippen molar-refractivity contribution in [1.82, 2.24) is 10.2 Å². The Morgan fingerprint density at radius 3 is 3.06 bits per heavy atom. The molecule has 2 aromatic rings. The van der Waals surface area contributed by atoms with E-state index < -0.39 is 0 Å². The van der Waals surface area contributed by atoms with Crippen LogP contribution in [0.25, 0.3) is 0 Å². The molecule has 3 nitrogen and oxygen atoms in total. The van der Waals surface area contributed by atoms with Gasteiger partial charge in [0.2, 0.25) is 0 Å². The van der Waals surface area contributed by atoms with Crippen molar-refractivity contribution in [3.8, 4) is 0 Å². The number of rotatable bonds is 2. The first-order chi connectivity index (χ1) is 8.75. The van der Waals surface area contributed by atoms with Crippen LogP contribution in [0.4, 0.5) is 5.69 Å². The van der Waals surface area contributed by atoms with Crippen LogP contribution in [-0.2, 0) is 13.0 Å². The zero-order valence-corrected chi connectivity index (χ0v) is 11.2. The van der Waals surface area contributed by atoms with Crippen LogP contribution in [0, 0.1) is 6.92 Å². The van der Waals surface area contributed by atoms with Gasteiger partial charge in [-0.2, -0.15) is 5.10 Å². The Labute approximate surface area is 112 Å². The van der Waals surface area contributed by atoms with E-state index in [0.29, 0.717) is 0 Å². The van der Waals surface area contributed by atoms with Gasteiger partial charge in [-0.05, 0) is 31.4 Å². The molecule has 1 aliphatic heterocycles. The summed E-state index contributed by atoms with van der Waals surface area (Å²) in [6.07, 6.45) is 2.22. The number of aromatic nitrogens is 2. The first kappa shape index (κ1) is 11.6. The highest BCUT2D eigenvalue weighted by molar-refractivity contribution is 6.31. The summed E-state index contributed by atoms with van der Waals surface area (Å²) in [4.78, 5) is 2.37. The van der Waals surface area contributed by atoms with Crippen molar-refractivity contribution in [3.63, 3.8) is 0 Å². The fraction of sp³-hybridized carbons (Fsp3) is 0.357. The van der Waals surface area contributed by atoms with Crippen molar-refractivity contribution in [2.45, 2.75) is 26.3 Å². The van der Waals surface area contributed by atoms with Crippen LogP contribution in [0.15, 0.2) is 24.3 Å². The SMILES string of the molecule is Cc1[nH]nc2c1N(Cc1ccccc1Cl)CCC2. The van der Waals surface area contributed by atoms with E-state index in [0.717, 1.165) is 36.6 Å². The lowest BCUT2D eigenvalue weighted by molar-refractivity contribution is 0.682. The van der Waals surface area contributed by atoms with E-state index in [4.69, 9.17) is 11.6 Å². The topological polar surface area (TPSA) is 31.9 Å². The molecule has 0 amide bonds. The summed E-state index contributed by atoms with van der Waals surface area (Å²) in [5, 5.41) is 8.29. The summed E-state index contributed by atoms with van der Waals surface area (Å²) in [5.74, 6) is 0. The molecule has 3 rings (SSSR count). The first-order valence-corrected chi connectivity index (χ1v) is 6.65. The Bertz CT molecular complexity index is 562. The van der Waals surface area contributed by atoms with Gasteiger partial charge in [-0.1, -0.05) is 29.8 Å². The molecule has 0 radical (unpaired) electrons. The van der Waals surface area contributed by atoms with E-state index >= 15 is 0 Å². The van der Waals surface area contributed by atoms with Crippen molar-refractivity contribution in [3.05, 3.63) is 46.2 Å². The number of hydrogen-bond donors (Lipinski definition) is 1. The molecule has 1 aliphatic rings. The van der Waals surface area contributed by atoms with E-state index in [-0.39, 0.29) is 0 Å². The van der Waals surface area contributed by atoms with Crippen LogP contribution in [0.1, 0.15) is 23.4 Å². The van der Waals surface area contributed by atoms with E-state index in [1.165, 1.54) is 16.9 Å². The van der Waals surface area contributed by atoms with Gasteiger partial charge in [0.25, 0.3) is 0 Å². The van der Waals surface area contributed by atoms with Gasteiger partial charge in [0.15, 0.2) is 0 Å². The average molecular weight is 262 g/mol. The van der Waals surface area contributed by atoms with Gasteiger partial charge in [0, 0.05) is 18.1 Å². The highest BCUT2D eigenvalue weighted by atomic mass is 35.5. The Morgan fingerprint density at radius 1 is 1.39 bits per heavy atom. The van der Waals surface area contributed by atoms with Crippen molar-refractivity contribution in [2.24, 2.45) is 0 Å². The number of benzene rings is 1. The number of halogens is 1. The number of aromatic amines is 1. The van der Waals surface area contributed by atoms with Crippen LogP contribution >= 0.6 is 11.6 Å². The third-order valence-corrected chi connectivity index (χ3v) is 3.83. The van der Waals surface area contributed by atoms with Crippen LogP contribution in [0.2, 0.25) is 5.02 Å². The highest BCUT2D eigenvalue weighted by Crippen LogP contribution is 2.30. The molecular formula is C14H16ClN3. The second kappa shape index (κ2) is 4.65. The highest BCUT2D eigenvalue weighted by Gasteiger charge is 2.22. The molecule has 18 heavy (non-hydrogen) atoms. The van der Waals surface area contributed by atoms with Crippen molar-refractivity contribution >= 4 is 17.3 Å².